The number of ether oxygens (including phenoxy) is 4. The smallest absolute Gasteiger partial charge is 0.188 e. The maximum atomic E-state index is 6.25. The van der Waals surface area contributed by atoms with E-state index in [2.05, 4.69) is 15.0 Å². The maximum absolute atomic E-state index is 6.25. The first kappa shape index (κ1) is 18.7. The molecule has 0 unspecified atom stereocenters. The third-order valence-corrected chi connectivity index (χ3v) is 4.57. The van der Waals surface area contributed by atoms with Gasteiger partial charge >= 0.3 is 0 Å². The highest BCUT2D eigenvalue weighted by atomic mass is 16.7. The molecule has 4 rings (SSSR count). The lowest BCUT2D eigenvalue weighted by atomic mass is 10.0. The van der Waals surface area contributed by atoms with Crippen LogP contribution in [-0.4, -0.2) is 43.1 Å². The Labute approximate surface area is 167 Å². The fourth-order valence-corrected chi connectivity index (χ4v) is 3.17. The molecule has 0 aliphatic rings. The molecule has 1 aromatic carbocycles. The average Bonchev–Trinajstić information content (AvgIpc) is 2.76. The lowest BCUT2D eigenvalue weighted by molar-refractivity contribution is 0.0509. The zero-order chi connectivity index (χ0) is 20.4. The highest BCUT2D eigenvalue weighted by Crippen LogP contribution is 2.37. The van der Waals surface area contributed by atoms with Crippen LogP contribution < -0.4 is 19.9 Å². The Balaban J connectivity index is 1.92. The number of pyridine rings is 3. The minimum atomic E-state index is 0.135. The van der Waals surface area contributed by atoms with Crippen LogP contribution in [0.15, 0.2) is 42.9 Å². The van der Waals surface area contributed by atoms with Crippen LogP contribution in [-0.2, 0) is 4.74 Å². The van der Waals surface area contributed by atoms with E-state index in [-0.39, 0.29) is 6.79 Å². The Kier molecular flexibility index (Phi) is 5.01. The molecule has 148 valence electrons. The number of benzene rings is 1. The van der Waals surface area contributed by atoms with Gasteiger partial charge in [-0.2, -0.15) is 0 Å². The summed E-state index contributed by atoms with van der Waals surface area (Å²) in [6, 6.07) is 7.53. The summed E-state index contributed by atoms with van der Waals surface area (Å²) in [6.45, 7) is 0.135. The molecule has 4 aromatic rings. The minimum Gasteiger partial charge on any atom is -0.493 e. The SMILES string of the molecule is COCOc1cncc(-c2cc3c(cnc4cc(OC)c(OC)cc43)c(N)n2)c1. The second-order valence-electron chi connectivity index (χ2n) is 6.30. The monoisotopic (exact) mass is 392 g/mol. The predicted octanol–water partition coefficient (Wildman–Crippen LogP) is 3.43. The molecule has 3 heterocycles. The van der Waals surface area contributed by atoms with Crippen molar-refractivity contribution in [2.75, 3.05) is 33.9 Å². The van der Waals surface area contributed by atoms with E-state index in [0.717, 1.165) is 27.2 Å². The molecule has 8 heteroatoms. The van der Waals surface area contributed by atoms with E-state index >= 15 is 0 Å². The van der Waals surface area contributed by atoms with Crippen LogP contribution in [0.3, 0.4) is 0 Å². The molecule has 3 aromatic heterocycles. The van der Waals surface area contributed by atoms with Gasteiger partial charge in [-0.1, -0.05) is 0 Å². The highest BCUT2D eigenvalue weighted by Gasteiger charge is 2.13. The van der Waals surface area contributed by atoms with Gasteiger partial charge in [-0.05, 0) is 23.6 Å². The molecule has 29 heavy (non-hydrogen) atoms. The summed E-state index contributed by atoms with van der Waals surface area (Å²) in [4.78, 5) is 13.3. The van der Waals surface area contributed by atoms with Gasteiger partial charge in [-0.25, -0.2) is 4.98 Å². The van der Waals surface area contributed by atoms with E-state index in [1.54, 1.807) is 39.9 Å². The zero-order valence-corrected chi connectivity index (χ0v) is 16.3. The largest absolute Gasteiger partial charge is 0.493 e. The molecule has 0 spiro atoms. The van der Waals surface area contributed by atoms with E-state index in [1.807, 2.05) is 24.3 Å². The summed E-state index contributed by atoms with van der Waals surface area (Å²) >= 11 is 0. The van der Waals surface area contributed by atoms with Crippen LogP contribution in [0.2, 0.25) is 0 Å². The molecule has 0 bridgehead atoms. The Morgan fingerprint density at radius 3 is 2.41 bits per heavy atom. The topological polar surface area (TPSA) is 102 Å². The Morgan fingerprint density at radius 1 is 0.862 bits per heavy atom. The molecule has 0 radical (unpaired) electrons. The van der Waals surface area contributed by atoms with Crippen molar-refractivity contribution >= 4 is 27.5 Å². The number of rotatable bonds is 6. The van der Waals surface area contributed by atoms with Crippen molar-refractivity contribution in [3.05, 3.63) is 42.9 Å². The van der Waals surface area contributed by atoms with E-state index in [1.165, 1.54) is 0 Å². The molecule has 0 aliphatic carbocycles. The summed E-state index contributed by atoms with van der Waals surface area (Å²) in [5.74, 6) is 2.19. The van der Waals surface area contributed by atoms with Crippen molar-refractivity contribution < 1.29 is 18.9 Å². The molecule has 0 fully saturated rings. The minimum absolute atomic E-state index is 0.135. The van der Waals surface area contributed by atoms with Gasteiger partial charge < -0.3 is 24.7 Å². The number of hydrogen-bond acceptors (Lipinski definition) is 8. The summed E-state index contributed by atoms with van der Waals surface area (Å²) in [5.41, 5.74) is 8.47. The van der Waals surface area contributed by atoms with E-state index in [0.29, 0.717) is 28.8 Å². The third kappa shape index (κ3) is 3.45. The van der Waals surface area contributed by atoms with Gasteiger partial charge in [0.15, 0.2) is 18.3 Å². The average molecular weight is 392 g/mol. The van der Waals surface area contributed by atoms with Crippen LogP contribution in [0.5, 0.6) is 17.2 Å². The van der Waals surface area contributed by atoms with Gasteiger partial charge in [-0.15, -0.1) is 0 Å². The van der Waals surface area contributed by atoms with Gasteiger partial charge in [0.05, 0.1) is 31.6 Å². The zero-order valence-electron chi connectivity index (χ0n) is 16.3. The van der Waals surface area contributed by atoms with Gasteiger partial charge in [0.25, 0.3) is 0 Å². The number of nitrogens with two attached hydrogens (primary N) is 1. The van der Waals surface area contributed by atoms with E-state index in [9.17, 15) is 0 Å². The standard InChI is InChI=1S/C21H20N4O4/c1-26-11-29-13-4-12(8-23-9-13)17-5-14-15-6-19(27-2)20(28-3)7-18(15)24-10-16(14)21(22)25-17/h4-10H,11H2,1-3H3,(H2,22,25). The van der Waals surface area contributed by atoms with Crippen molar-refractivity contribution in [3.8, 4) is 28.5 Å². The van der Waals surface area contributed by atoms with Crippen LogP contribution in [0, 0.1) is 0 Å². The summed E-state index contributed by atoms with van der Waals surface area (Å²) in [7, 11) is 4.75. The molecule has 0 saturated heterocycles. The quantitative estimate of drug-likeness (QED) is 0.393. The molecular weight excluding hydrogens is 372 g/mol. The molecule has 2 N–H and O–H groups in total. The van der Waals surface area contributed by atoms with Gasteiger partial charge in [0, 0.05) is 41.9 Å². The second kappa shape index (κ2) is 7.76. The van der Waals surface area contributed by atoms with Crippen molar-refractivity contribution in [2.24, 2.45) is 0 Å². The number of nitrogens with zero attached hydrogens (tertiary/aromatic N) is 3. The van der Waals surface area contributed by atoms with E-state index in [4.69, 9.17) is 24.7 Å². The molecule has 0 aliphatic heterocycles. The van der Waals surface area contributed by atoms with Crippen molar-refractivity contribution in [3.63, 3.8) is 0 Å². The first-order valence-electron chi connectivity index (χ1n) is 8.82. The fraction of sp³-hybridized carbons (Fsp3) is 0.190. The first-order chi connectivity index (χ1) is 14.1. The molecule has 0 saturated carbocycles. The van der Waals surface area contributed by atoms with E-state index < -0.39 is 0 Å². The van der Waals surface area contributed by atoms with Crippen molar-refractivity contribution in [1.29, 1.82) is 0 Å². The van der Waals surface area contributed by atoms with Crippen LogP contribution in [0.4, 0.5) is 5.82 Å². The Bertz CT molecular complexity index is 1200. The normalized spacial score (nSPS) is 11.0. The number of methoxy groups -OCH3 is 3. The summed E-state index contributed by atoms with van der Waals surface area (Å²) in [5, 5.41) is 2.55. The lowest BCUT2D eigenvalue weighted by Gasteiger charge is -2.12. The van der Waals surface area contributed by atoms with Crippen LogP contribution in [0.25, 0.3) is 32.9 Å². The van der Waals surface area contributed by atoms with Crippen molar-refractivity contribution in [1.82, 2.24) is 15.0 Å². The van der Waals surface area contributed by atoms with Gasteiger partial charge in [-0.3, -0.25) is 9.97 Å². The van der Waals surface area contributed by atoms with Crippen molar-refractivity contribution in [2.45, 2.75) is 0 Å². The Morgan fingerprint density at radius 2 is 1.66 bits per heavy atom. The fourth-order valence-electron chi connectivity index (χ4n) is 3.17. The number of fused-ring (bicyclic) bond motifs is 3. The lowest BCUT2D eigenvalue weighted by Crippen LogP contribution is -2.00. The van der Waals surface area contributed by atoms with Crippen LogP contribution in [0.1, 0.15) is 0 Å². The molecular formula is C21H20N4O4. The predicted molar refractivity (Wildman–Crippen MR) is 110 cm³/mol. The second-order valence-corrected chi connectivity index (χ2v) is 6.30. The first-order valence-corrected chi connectivity index (χ1v) is 8.82. The highest BCUT2D eigenvalue weighted by molar-refractivity contribution is 6.10. The van der Waals surface area contributed by atoms with Gasteiger partial charge in [0.1, 0.15) is 11.6 Å². The van der Waals surface area contributed by atoms with Crippen LogP contribution >= 0.6 is 0 Å². The molecule has 8 nitrogen and oxygen atoms in total. The summed E-state index contributed by atoms with van der Waals surface area (Å²) < 4.78 is 21.3. The Hall–Kier alpha value is -3.65. The summed E-state index contributed by atoms with van der Waals surface area (Å²) in [6.07, 6.45) is 5.04. The number of nitrogen functional groups attached to an aromatic ring is 1. The number of hydrogen-bond donors (Lipinski definition) is 1. The molecule has 0 amide bonds. The molecule has 0 atom stereocenters. The maximum Gasteiger partial charge on any atom is 0.188 e. The third-order valence-electron chi connectivity index (χ3n) is 4.57. The number of anilines is 1. The van der Waals surface area contributed by atoms with Gasteiger partial charge in [0.2, 0.25) is 0 Å². The number of aromatic nitrogens is 3.